The maximum absolute atomic E-state index is 11.9. The SMILES string of the molecule is CN(C)C(=O)CCS[C@H](SCCC(=O)O)c1cccc(/C=C/c2ccc3cc(O)c(Cl)cc3n2)c1. The van der Waals surface area contributed by atoms with Gasteiger partial charge in [-0.3, -0.25) is 9.59 Å². The molecule has 3 rings (SSSR count). The highest BCUT2D eigenvalue weighted by Gasteiger charge is 2.15. The normalized spacial score (nSPS) is 12.2. The fourth-order valence-corrected chi connectivity index (χ4v) is 6.02. The molecule has 0 saturated carbocycles. The Morgan fingerprint density at radius 1 is 1.06 bits per heavy atom. The number of aromatic nitrogens is 1. The van der Waals surface area contributed by atoms with Crippen molar-refractivity contribution < 1.29 is 19.8 Å². The van der Waals surface area contributed by atoms with E-state index >= 15 is 0 Å². The van der Waals surface area contributed by atoms with Gasteiger partial charge in [0.15, 0.2) is 0 Å². The molecule has 1 amide bonds. The summed E-state index contributed by atoms with van der Waals surface area (Å²) in [6.45, 7) is 0. The first-order valence-corrected chi connectivity index (χ1v) is 13.4. The molecule has 0 bridgehead atoms. The van der Waals surface area contributed by atoms with E-state index in [4.69, 9.17) is 16.7 Å². The van der Waals surface area contributed by atoms with Crippen molar-refractivity contribution in [3.63, 3.8) is 0 Å². The molecular formula is C26H27ClN2O4S2. The van der Waals surface area contributed by atoms with Gasteiger partial charge in [0, 0.05) is 37.4 Å². The third-order valence-electron chi connectivity index (χ3n) is 5.08. The molecule has 0 aliphatic carbocycles. The van der Waals surface area contributed by atoms with Gasteiger partial charge in [0.2, 0.25) is 5.91 Å². The molecule has 0 aliphatic heterocycles. The van der Waals surface area contributed by atoms with Crippen LogP contribution in [0.2, 0.25) is 5.02 Å². The molecule has 1 heterocycles. The number of fused-ring (bicyclic) bond motifs is 1. The van der Waals surface area contributed by atoms with Crippen LogP contribution in [0.4, 0.5) is 0 Å². The number of phenolic OH excluding ortho intramolecular Hbond substituents is 1. The Morgan fingerprint density at radius 3 is 2.51 bits per heavy atom. The fraction of sp³-hybridized carbons (Fsp3) is 0.269. The van der Waals surface area contributed by atoms with Crippen LogP contribution in [-0.4, -0.2) is 57.6 Å². The summed E-state index contributed by atoms with van der Waals surface area (Å²) < 4.78 is 0.0197. The number of benzene rings is 2. The molecule has 2 N–H and O–H groups in total. The topological polar surface area (TPSA) is 90.7 Å². The number of aliphatic carboxylic acids is 1. The lowest BCUT2D eigenvalue weighted by Gasteiger charge is -2.18. The summed E-state index contributed by atoms with van der Waals surface area (Å²) in [7, 11) is 3.48. The predicted octanol–water partition coefficient (Wildman–Crippen LogP) is 6.18. The van der Waals surface area contributed by atoms with Crippen molar-refractivity contribution in [3.8, 4) is 5.75 Å². The van der Waals surface area contributed by atoms with Crippen LogP contribution in [0, 0.1) is 0 Å². The molecule has 0 spiro atoms. The number of pyridine rings is 1. The monoisotopic (exact) mass is 530 g/mol. The van der Waals surface area contributed by atoms with Crippen LogP contribution in [0.25, 0.3) is 23.1 Å². The highest BCUT2D eigenvalue weighted by Crippen LogP contribution is 2.40. The standard InChI is InChI=1S/C26H27ClN2O4S2/c1-29(2)24(31)10-12-34-26(35-13-11-25(32)33)19-5-3-4-17(14-19)6-8-20-9-7-18-15-23(30)21(27)16-22(18)28-20/h3-9,14-16,26,30H,10-13H2,1-2H3,(H,32,33)/b8-6+/t26-/m1/s1. The number of carbonyl (C=O) groups excluding carboxylic acids is 1. The van der Waals surface area contributed by atoms with Crippen LogP contribution in [0.15, 0.2) is 48.5 Å². The zero-order valence-electron chi connectivity index (χ0n) is 19.5. The summed E-state index contributed by atoms with van der Waals surface area (Å²) in [5, 5.41) is 19.9. The number of thioether (sulfide) groups is 2. The quantitative estimate of drug-likeness (QED) is 0.286. The molecule has 6 nitrogen and oxygen atoms in total. The van der Waals surface area contributed by atoms with Crippen molar-refractivity contribution in [1.82, 2.24) is 9.88 Å². The second-order valence-corrected chi connectivity index (χ2v) is 11.1. The third-order valence-corrected chi connectivity index (χ3v) is 8.23. The van der Waals surface area contributed by atoms with Crippen molar-refractivity contribution >= 4 is 70.1 Å². The van der Waals surface area contributed by atoms with E-state index in [1.807, 2.05) is 42.5 Å². The minimum Gasteiger partial charge on any atom is -0.506 e. The minimum atomic E-state index is -0.819. The molecule has 2 aromatic carbocycles. The van der Waals surface area contributed by atoms with Crippen LogP contribution < -0.4 is 0 Å². The summed E-state index contributed by atoms with van der Waals surface area (Å²) in [6, 6.07) is 15.1. The molecule has 0 unspecified atom stereocenters. The van der Waals surface area contributed by atoms with Gasteiger partial charge in [-0.1, -0.05) is 41.9 Å². The van der Waals surface area contributed by atoms with Crippen molar-refractivity contribution in [2.75, 3.05) is 25.6 Å². The van der Waals surface area contributed by atoms with E-state index in [0.717, 1.165) is 22.2 Å². The van der Waals surface area contributed by atoms with Crippen LogP contribution in [0.5, 0.6) is 5.75 Å². The second-order valence-electron chi connectivity index (χ2n) is 7.99. The number of hydrogen-bond donors (Lipinski definition) is 2. The van der Waals surface area contributed by atoms with Gasteiger partial charge in [0.05, 0.1) is 27.2 Å². The molecule has 9 heteroatoms. The van der Waals surface area contributed by atoms with E-state index in [9.17, 15) is 14.7 Å². The van der Waals surface area contributed by atoms with Crippen LogP contribution >= 0.6 is 35.1 Å². The van der Waals surface area contributed by atoms with Crippen LogP contribution in [0.3, 0.4) is 0 Å². The predicted molar refractivity (Wildman–Crippen MR) is 147 cm³/mol. The molecule has 0 aliphatic rings. The van der Waals surface area contributed by atoms with E-state index in [0.29, 0.717) is 23.4 Å². The molecule has 35 heavy (non-hydrogen) atoms. The largest absolute Gasteiger partial charge is 0.506 e. The Labute approximate surface area is 218 Å². The average molecular weight is 531 g/mol. The number of carboxylic acid groups (broad SMARTS) is 1. The van der Waals surface area contributed by atoms with Crippen molar-refractivity contribution in [2.45, 2.75) is 17.4 Å². The lowest BCUT2D eigenvalue weighted by molar-refractivity contribution is -0.136. The number of amides is 1. The molecular weight excluding hydrogens is 504 g/mol. The number of nitrogens with zero attached hydrogens (tertiary/aromatic N) is 2. The number of halogens is 1. The zero-order chi connectivity index (χ0) is 25.4. The molecule has 1 atom stereocenters. The Hall–Kier alpha value is -2.68. The number of aromatic hydroxyl groups is 1. The number of carbonyl (C=O) groups is 2. The highest BCUT2D eigenvalue weighted by atomic mass is 35.5. The summed E-state index contributed by atoms with van der Waals surface area (Å²) >= 11 is 9.25. The van der Waals surface area contributed by atoms with Crippen LogP contribution in [-0.2, 0) is 9.59 Å². The Balaban J connectivity index is 1.75. The van der Waals surface area contributed by atoms with E-state index in [1.165, 1.54) is 0 Å². The van der Waals surface area contributed by atoms with E-state index in [2.05, 4.69) is 11.1 Å². The summed E-state index contributed by atoms with van der Waals surface area (Å²) in [6.07, 6.45) is 4.41. The highest BCUT2D eigenvalue weighted by molar-refractivity contribution is 8.16. The smallest absolute Gasteiger partial charge is 0.304 e. The van der Waals surface area contributed by atoms with Gasteiger partial charge in [0.1, 0.15) is 5.75 Å². The lowest BCUT2D eigenvalue weighted by Crippen LogP contribution is -2.21. The number of carboxylic acids is 1. The average Bonchev–Trinajstić information content (AvgIpc) is 2.82. The van der Waals surface area contributed by atoms with E-state index in [1.54, 1.807) is 54.7 Å². The number of rotatable bonds is 11. The van der Waals surface area contributed by atoms with Gasteiger partial charge in [-0.2, -0.15) is 0 Å². The minimum absolute atomic E-state index is 0.0197. The molecule has 0 radical (unpaired) electrons. The van der Waals surface area contributed by atoms with E-state index < -0.39 is 5.97 Å². The maximum atomic E-state index is 11.9. The fourth-order valence-electron chi connectivity index (χ4n) is 3.20. The summed E-state index contributed by atoms with van der Waals surface area (Å²) in [5.74, 6) is 0.429. The Bertz CT molecular complexity index is 1230. The van der Waals surface area contributed by atoms with Crippen molar-refractivity contribution in [2.24, 2.45) is 0 Å². The van der Waals surface area contributed by atoms with Gasteiger partial charge in [0.25, 0.3) is 0 Å². The second kappa shape index (κ2) is 12.9. The van der Waals surface area contributed by atoms with Gasteiger partial charge < -0.3 is 15.1 Å². The summed E-state index contributed by atoms with van der Waals surface area (Å²) in [4.78, 5) is 29.1. The lowest BCUT2D eigenvalue weighted by atomic mass is 10.1. The first-order chi connectivity index (χ1) is 16.7. The maximum Gasteiger partial charge on any atom is 0.304 e. The molecule has 3 aromatic rings. The van der Waals surface area contributed by atoms with Crippen molar-refractivity contribution in [1.29, 1.82) is 0 Å². The third kappa shape index (κ3) is 8.19. The van der Waals surface area contributed by atoms with Crippen molar-refractivity contribution in [3.05, 3.63) is 70.4 Å². The zero-order valence-corrected chi connectivity index (χ0v) is 21.9. The van der Waals surface area contributed by atoms with Gasteiger partial charge in [-0.25, -0.2) is 4.98 Å². The number of phenols is 1. The van der Waals surface area contributed by atoms with Gasteiger partial charge in [-0.05, 0) is 41.5 Å². The molecule has 0 fully saturated rings. The number of hydrogen-bond acceptors (Lipinski definition) is 6. The summed E-state index contributed by atoms with van der Waals surface area (Å²) in [5.41, 5.74) is 3.51. The molecule has 184 valence electrons. The van der Waals surface area contributed by atoms with Crippen LogP contribution in [0.1, 0.15) is 34.2 Å². The Morgan fingerprint density at radius 2 is 1.80 bits per heavy atom. The Kier molecular flexibility index (Phi) is 9.89. The first kappa shape index (κ1) is 26.9. The molecule has 1 aromatic heterocycles. The van der Waals surface area contributed by atoms with Gasteiger partial charge in [-0.15, -0.1) is 23.5 Å². The van der Waals surface area contributed by atoms with E-state index in [-0.39, 0.29) is 27.7 Å². The first-order valence-electron chi connectivity index (χ1n) is 11.0. The van der Waals surface area contributed by atoms with Gasteiger partial charge >= 0.3 is 5.97 Å². The molecule has 0 saturated heterocycles.